The predicted molar refractivity (Wildman–Crippen MR) is 104 cm³/mol. The van der Waals surface area contributed by atoms with Crippen molar-refractivity contribution < 1.29 is 18.8 Å². The molecule has 0 bridgehead atoms. The molecule has 0 N–H and O–H groups in total. The highest BCUT2D eigenvalue weighted by Gasteiger charge is 2.33. The lowest BCUT2D eigenvalue weighted by Crippen LogP contribution is -2.54. The molecule has 0 aromatic rings. The molecule has 26 heavy (non-hydrogen) atoms. The van der Waals surface area contributed by atoms with Crippen LogP contribution in [-0.2, 0) is 14.3 Å². The van der Waals surface area contributed by atoms with Crippen LogP contribution in [0, 0.1) is 0 Å². The molecule has 2 heterocycles. The quantitative estimate of drug-likeness (QED) is 0.319. The molecule has 2 aliphatic rings. The number of carbonyl (C=O) groups excluding carboxylic acids is 2. The van der Waals surface area contributed by atoms with Crippen LogP contribution in [0.1, 0.15) is 77.6 Å². The van der Waals surface area contributed by atoms with Crippen LogP contribution in [0.3, 0.4) is 0 Å². The van der Waals surface area contributed by atoms with Gasteiger partial charge in [-0.2, -0.15) is 0 Å². The van der Waals surface area contributed by atoms with Crippen molar-refractivity contribution >= 4 is 11.9 Å². The minimum atomic E-state index is -0.164. The summed E-state index contributed by atoms with van der Waals surface area (Å²) in [5.74, 6) is 0.133. The summed E-state index contributed by atoms with van der Waals surface area (Å²) in [6.07, 6.45) is 11.4. The van der Waals surface area contributed by atoms with Gasteiger partial charge in [-0.25, -0.2) is 0 Å². The summed E-state index contributed by atoms with van der Waals surface area (Å²) >= 11 is 0. The molecule has 150 valence electrons. The zero-order chi connectivity index (χ0) is 18.8. The zero-order valence-electron chi connectivity index (χ0n) is 17.0. The van der Waals surface area contributed by atoms with E-state index < -0.39 is 0 Å². The number of likely N-dealkylation sites (tertiary alicyclic amines) is 2. The third kappa shape index (κ3) is 7.26. The Balaban J connectivity index is 1.85. The summed E-state index contributed by atoms with van der Waals surface area (Å²) in [5.41, 5.74) is 0. The lowest BCUT2D eigenvalue weighted by molar-refractivity contribution is -0.916. The van der Waals surface area contributed by atoms with Crippen LogP contribution in [0.2, 0.25) is 0 Å². The van der Waals surface area contributed by atoms with E-state index in [1.165, 1.54) is 38.5 Å². The van der Waals surface area contributed by atoms with E-state index in [1.54, 1.807) is 0 Å². The molecule has 2 rings (SSSR count). The number of nitrogens with zero attached hydrogens (tertiary/aromatic N) is 2. The molecule has 0 unspecified atom stereocenters. The number of ether oxygens (including phenoxy) is 1. The first-order chi connectivity index (χ1) is 12.5. The highest BCUT2D eigenvalue weighted by atomic mass is 16.5. The Bertz CT molecular complexity index is 447. The monoisotopic (exact) mass is 367 g/mol. The number of likely N-dealkylation sites (N-methyl/N-ethyl adjacent to an activating group) is 1. The summed E-state index contributed by atoms with van der Waals surface area (Å²) in [5, 5.41) is 0. The van der Waals surface area contributed by atoms with Gasteiger partial charge in [0.05, 0.1) is 26.7 Å². The van der Waals surface area contributed by atoms with Crippen LogP contribution >= 0.6 is 0 Å². The molecule has 1 amide bonds. The third-order valence-corrected chi connectivity index (χ3v) is 5.92. The highest BCUT2D eigenvalue weighted by Crippen LogP contribution is 2.20. The van der Waals surface area contributed by atoms with Crippen molar-refractivity contribution in [3.05, 3.63) is 0 Å². The van der Waals surface area contributed by atoms with E-state index in [0.717, 1.165) is 49.9 Å². The summed E-state index contributed by atoms with van der Waals surface area (Å²) in [7, 11) is 2.27. The number of carbonyl (C=O) groups is 2. The standard InChI is InChI=1S/C21H39N2O3/c1-3-4-5-6-8-13-21(25)26-19(17-22-14-11-12-20(22)24)18-23(2)15-9-7-10-16-23/h19H,3-18H2,1-2H3/q+1/t19-/m1/s1. The Hall–Kier alpha value is -1.10. The van der Waals surface area contributed by atoms with Crippen LogP contribution < -0.4 is 0 Å². The molecule has 0 aliphatic carbocycles. The molecule has 2 saturated heterocycles. The van der Waals surface area contributed by atoms with E-state index >= 15 is 0 Å². The normalized spacial score (nSPS) is 21.0. The van der Waals surface area contributed by atoms with Crippen LogP contribution in [0.5, 0.6) is 0 Å². The smallest absolute Gasteiger partial charge is 0.306 e. The Morgan fingerprint density at radius 1 is 1.12 bits per heavy atom. The van der Waals surface area contributed by atoms with Crippen molar-refractivity contribution in [3.8, 4) is 0 Å². The molecule has 0 spiro atoms. The maximum Gasteiger partial charge on any atom is 0.306 e. The molecule has 1 atom stereocenters. The van der Waals surface area contributed by atoms with Crippen LogP contribution in [0.25, 0.3) is 0 Å². The van der Waals surface area contributed by atoms with E-state index in [1.807, 2.05) is 4.90 Å². The zero-order valence-corrected chi connectivity index (χ0v) is 17.0. The van der Waals surface area contributed by atoms with Gasteiger partial charge in [0.15, 0.2) is 6.10 Å². The fourth-order valence-electron chi connectivity index (χ4n) is 4.34. The Morgan fingerprint density at radius 3 is 2.50 bits per heavy atom. The number of unbranched alkanes of at least 4 members (excludes halogenated alkanes) is 4. The van der Waals surface area contributed by atoms with Crippen molar-refractivity contribution in [2.24, 2.45) is 0 Å². The molecule has 0 aromatic carbocycles. The molecule has 0 radical (unpaired) electrons. The number of amides is 1. The minimum absolute atomic E-state index is 0.0817. The number of quaternary nitrogens is 1. The van der Waals surface area contributed by atoms with E-state index in [9.17, 15) is 9.59 Å². The molecule has 0 saturated carbocycles. The second-order valence-corrected chi connectivity index (χ2v) is 8.53. The van der Waals surface area contributed by atoms with Gasteiger partial charge in [0, 0.05) is 19.4 Å². The minimum Gasteiger partial charge on any atom is -0.454 e. The van der Waals surface area contributed by atoms with Crippen LogP contribution in [0.4, 0.5) is 0 Å². The van der Waals surface area contributed by atoms with Gasteiger partial charge in [0.25, 0.3) is 0 Å². The Labute approximate surface area is 159 Å². The van der Waals surface area contributed by atoms with Crippen LogP contribution in [-0.4, -0.2) is 67.1 Å². The summed E-state index contributed by atoms with van der Waals surface area (Å²) < 4.78 is 6.86. The van der Waals surface area contributed by atoms with E-state index in [2.05, 4.69) is 14.0 Å². The first kappa shape index (κ1) is 21.2. The van der Waals surface area contributed by atoms with Gasteiger partial charge in [0.2, 0.25) is 5.91 Å². The Morgan fingerprint density at radius 2 is 1.85 bits per heavy atom. The molecule has 5 heteroatoms. The maximum atomic E-state index is 12.4. The van der Waals surface area contributed by atoms with Crippen molar-refractivity contribution in [2.75, 3.05) is 39.8 Å². The number of rotatable bonds is 11. The van der Waals surface area contributed by atoms with Gasteiger partial charge >= 0.3 is 5.97 Å². The first-order valence-electron chi connectivity index (χ1n) is 10.8. The number of hydrogen-bond donors (Lipinski definition) is 0. The first-order valence-corrected chi connectivity index (χ1v) is 10.8. The molecule has 2 aliphatic heterocycles. The van der Waals surface area contributed by atoms with Gasteiger partial charge in [0.1, 0.15) is 6.54 Å². The second kappa shape index (κ2) is 10.9. The largest absolute Gasteiger partial charge is 0.454 e. The van der Waals surface area contributed by atoms with Crippen molar-refractivity contribution in [3.63, 3.8) is 0 Å². The van der Waals surface area contributed by atoms with Crippen molar-refractivity contribution in [2.45, 2.75) is 83.7 Å². The van der Waals surface area contributed by atoms with Gasteiger partial charge in [-0.05, 0) is 32.1 Å². The Kier molecular flexibility index (Phi) is 8.89. The predicted octanol–water partition coefficient (Wildman–Crippen LogP) is 3.51. The fourth-order valence-corrected chi connectivity index (χ4v) is 4.34. The van der Waals surface area contributed by atoms with Gasteiger partial charge in [-0.3, -0.25) is 9.59 Å². The van der Waals surface area contributed by atoms with E-state index in [0.29, 0.717) is 19.4 Å². The molecular weight excluding hydrogens is 328 g/mol. The van der Waals surface area contributed by atoms with Gasteiger partial charge in [-0.15, -0.1) is 0 Å². The van der Waals surface area contributed by atoms with E-state index in [4.69, 9.17) is 4.74 Å². The second-order valence-electron chi connectivity index (χ2n) is 8.53. The van der Waals surface area contributed by atoms with Crippen LogP contribution in [0.15, 0.2) is 0 Å². The highest BCUT2D eigenvalue weighted by molar-refractivity contribution is 5.78. The summed E-state index contributed by atoms with van der Waals surface area (Å²) in [6.45, 7) is 6.73. The average molecular weight is 368 g/mol. The molecular formula is C21H39N2O3+. The lowest BCUT2D eigenvalue weighted by atomic mass is 10.1. The molecule has 0 aromatic heterocycles. The SMILES string of the molecule is CCCCCCCC(=O)O[C@H](CN1CCCC1=O)C[N+]1(C)CCCCC1. The topological polar surface area (TPSA) is 46.6 Å². The molecule has 5 nitrogen and oxygen atoms in total. The maximum absolute atomic E-state index is 12.4. The van der Waals surface area contributed by atoms with E-state index in [-0.39, 0.29) is 18.0 Å². The van der Waals surface area contributed by atoms with Gasteiger partial charge in [-0.1, -0.05) is 32.6 Å². The van der Waals surface area contributed by atoms with Crippen molar-refractivity contribution in [1.29, 1.82) is 0 Å². The fraction of sp³-hybridized carbons (Fsp3) is 0.905. The van der Waals surface area contributed by atoms with Crippen molar-refractivity contribution in [1.82, 2.24) is 4.90 Å². The molecule has 2 fully saturated rings. The third-order valence-electron chi connectivity index (χ3n) is 5.92. The average Bonchev–Trinajstić information content (AvgIpc) is 2.99. The number of piperidine rings is 1. The lowest BCUT2D eigenvalue weighted by Gasteiger charge is -2.40. The summed E-state index contributed by atoms with van der Waals surface area (Å²) in [6, 6.07) is 0. The number of hydrogen-bond acceptors (Lipinski definition) is 3. The summed E-state index contributed by atoms with van der Waals surface area (Å²) in [4.78, 5) is 26.3. The number of esters is 1. The van der Waals surface area contributed by atoms with Gasteiger partial charge < -0.3 is 14.1 Å².